The van der Waals surface area contributed by atoms with Crippen LogP contribution in [0.4, 0.5) is 5.69 Å². The van der Waals surface area contributed by atoms with E-state index in [1.165, 1.54) is 12.1 Å². The van der Waals surface area contributed by atoms with E-state index in [4.69, 9.17) is 9.68 Å². The molecule has 98 valence electrons. The molecule has 0 atom stereocenters. The molecule has 0 spiro atoms. The Balaban J connectivity index is 2.64. The maximum Gasteiger partial charge on any atom is 0.227 e. The van der Waals surface area contributed by atoms with Gasteiger partial charge in [0.15, 0.2) is 5.58 Å². The summed E-state index contributed by atoms with van der Waals surface area (Å²) < 4.78 is 5.61. The summed E-state index contributed by atoms with van der Waals surface area (Å²) in [6.45, 7) is 5.45. The second kappa shape index (κ2) is 5.76. The van der Waals surface area contributed by atoms with Gasteiger partial charge in [-0.25, -0.2) is 4.98 Å². The number of hydrogen-bond acceptors (Lipinski definition) is 5. The van der Waals surface area contributed by atoms with Crippen molar-refractivity contribution in [2.75, 3.05) is 0 Å². The molecular formula is C15H11N3O2. The number of nitrogens with zero attached hydrogens (tertiary/aromatic N) is 3. The lowest BCUT2D eigenvalue weighted by molar-refractivity contribution is 0.585. The minimum atomic E-state index is 0.151. The number of hydrogen-bond donors (Lipinski definition) is 0. The van der Waals surface area contributed by atoms with Crippen LogP contribution in [-0.4, -0.2) is 4.98 Å². The first-order chi connectivity index (χ1) is 9.73. The molecular weight excluding hydrogens is 254 g/mol. The van der Waals surface area contributed by atoms with Crippen molar-refractivity contribution in [3.63, 3.8) is 0 Å². The van der Waals surface area contributed by atoms with E-state index in [9.17, 15) is 4.91 Å². The highest BCUT2D eigenvalue weighted by Gasteiger charge is 2.13. The monoisotopic (exact) mass is 265 g/mol. The Morgan fingerprint density at radius 3 is 2.95 bits per heavy atom. The Labute approximate surface area is 115 Å². The summed E-state index contributed by atoms with van der Waals surface area (Å²) in [7, 11) is 0. The molecule has 1 aromatic carbocycles. The first-order valence-corrected chi connectivity index (χ1v) is 5.87. The lowest BCUT2D eigenvalue weighted by Crippen LogP contribution is -1.79. The number of fused-ring (bicyclic) bond motifs is 1. The molecule has 0 amide bonds. The molecule has 0 saturated heterocycles. The number of nitriles is 1. The van der Waals surface area contributed by atoms with Gasteiger partial charge in [-0.3, -0.25) is 0 Å². The number of oxazole rings is 1. The van der Waals surface area contributed by atoms with E-state index in [2.05, 4.69) is 16.7 Å². The van der Waals surface area contributed by atoms with E-state index in [0.717, 1.165) is 5.57 Å². The van der Waals surface area contributed by atoms with Gasteiger partial charge in [-0.1, -0.05) is 24.8 Å². The van der Waals surface area contributed by atoms with Gasteiger partial charge in [0.25, 0.3) is 0 Å². The summed E-state index contributed by atoms with van der Waals surface area (Å²) >= 11 is 0. The van der Waals surface area contributed by atoms with Gasteiger partial charge >= 0.3 is 0 Å². The smallest absolute Gasteiger partial charge is 0.227 e. The van der Waals surface area contributed by atoms with E-state index in [0.29, 0.717) is 17.0 Å². The van der Waals surface area contributed by atoms with Crippen molar-refractivity contribution in [1.29, 1.82) is 5.26 Å². The average Bonchev–Trinajstić information content (AvgIpc) is 2.90. The lowest BCUT2D eigenvalue weighted by atomic mass is 10.2. The van der Waals surface area contributed by atoms with Crippen molar-refractivity contribution >= 4 is 22.4 Å². The van der Waals surface area contributed by atoms with Crippen LogP contribution in [0.1, 0.15) is 18.4 Å². The predicted octanol–water partition coefficient (Wildman–Crippen LogP) is 4.24. The van der Waals surface area contributed by atoms with Gasteiger partial charge in [-0.05, 0) is 30.3 Å². The molecule has 0 saturated carbocycles. The van der Waals surface area contributed by atoms with Gasteiger partial charge in [-0.2, -0.15) is 5.26 Å². The Morgan fingerprint density at radius 2 is 2.35 bits per heavy atom. The summed E-state index contributed by atoms with van der Waals surface area (Å²) in [5, 5.41) is 11.9. The molecule has 2 aromatic rings. The number of benzene rings is 1. The van der Waals surface area contributed by atoms with Crippen LogP contribution >= 0.6 is 0 Å². The third-order valence-corrected chi connectivity index (χ3v) is 2.67. The minimum absolute atomic E-state index is 0.151. The normalized spacial score (nSPS) is 11.7. The Hall–Kier alpha value is -3.00. The van der Waals surface area contributed by atoms with Crippen LogP contribution in [0.15, 0.2) is 52.6 Å². The van der Waals surface area contributed by atoms with Gasteiger partial charge in [0.2, 0.25) is 5.89 Å². The summed E-state index contributed by atoms with van der Waals surface area (Å²) in [6.07, 6.45) is 7.02. The molecule has 0 bridgehead atoms. The van der Waals surface area contributed by atoms with Crippen molar-refractivity contribution < 1.29 is 4.42 Å². The van der Waals surface area contributed by atoms with E-state index in [1.807, 2.05) is 19.1 Å². The topological polar surface area (TPSA) is 79.2 Å². The van der Waals surface area contributed by atoms with Gasteiger partial charge in [0.05, 0.1) is 5.56 Å². The molecule has 0 fully saturated rings. The SMILES string of the molecule is C=C/C=C\C(=C/C)c1nc2cc(N=O)cc(C#N)c2o1. The fourth-order valence-corrected chi connectivity index (χ4v) is 1.74. The molecule has 0 radical (unpaired) electrons. The van der Waals surface area contributed by atoms with E-state index < -0.39 is 0 Å². The molecule has 0 unspecified atom stereocenters. The van der Waals surface area contributed by atoms with Crippen molar-refractivity contribution in [2.24, 2.45) is 5.18 Å². The van der Waals surface area contributed by atoms with Crippen LogP contribution in [0.5, 0.6) is 0 Å². The fourth-order valence-electron chi connectivity index (χ4n) is 1.74. The molecule has 1 heterocycles. The summed E-state index contributed by atoms with van der Waals surface area (Å²) in [4.78, 5) is 14.9. The molecule has 20 heavy (non-hydrogen) atoms. The van der Waals surface area contributed by atoms with E-state index in [-0.39, 0.29) is 11.3 Å². The molecule has 0 aliphatic heterocycles. The zero-order valence-corrected chi connectivity index (χ0v) is 10.8. The zero-order chi connectivity index (χ0) is 14.5. The highest BCUT2D eigenvalue weighted by molar-refractivity contribution is 5.85. The Kier molecular flexibility index (Phi) is 3.87. The molecule has 0 aliphatic rings. The minimum Gasteiger partial charge on any atom is -0.435 e. The zero-order valence-electron chi connectivity index (χ0n) is 10.8. The lowest BCUT2D eigenvalue weighted by Gasteiger charge is -1.93. The standard InChI is InChI=1S/C15H11N3O2/c1-3-5-6-10(4-2)15-17-13-8-12(18-19)7-11(9-16)14(13)20-15/h3-8H,1H2,2H3/b6-5-,10-4+. The quantitative estimate of drug-likeness (QED) is 0.611. The van der Waals surface area contributed by atoms with Crippen LogP contribution in [0.2, 0.25) is 0 Å². The third-order valence-electron chi connectivity index (χ3n) is 2.67. The van der Waals surface area contributed by atoms with Gasteiger partial charge in [0.1, 0.15) is 17.3 Å². The maximum absolute atomic E-state index is 10.6. The Bertz CT molecular complexity index is 776. The Morgan fingerprint density at radius 1 is 1.55 bits per heavy atom. The molecule has 5 heteroatoms. The molecule has 0 N–H and O–H groups in total. The number of nitroso groups, excluding NO2 is 1. The molecule has 0 aliphatic carbocycles. The van der Waals surface area contributed by atoms with E-state index >= 15 is 0 Å². The van der Waals surface area contributed by atoms with Crippen molar-refractivity contribution in [3.8, 4) is 6.07 Å². The number of rotatable bonds is 4. The third kappa shape index (κ3) is 2.40. The number of allylic oxidation sites excluding steroid dienone is 5. The maximum atomic E-state index is 10.6. The van der Waals surface area contributed by atoms with Crippen molar-refractivity contribution in [1.82, 2.24) is 4.98 Å². The van der Waals surface area contributed by atoms with Crippen LogP contribution in [-0.2, 0) is 0 Å². The first kappa shape index (κ1) is 13.4. The van der Waals surface area contributed by atoms with Gasteiger partial charge < -0.3 is 4.42 Å². The van der Waals surface area contributed by atoms with Gasteiger partial charge in [-0.15, -0.1) is 4.91 Å². The molecule has 1 aromatic heterocycles. The first-order valence-electron chi connectivity index (χ1n) is 5.87. The van der Waals surface area contributed by atoms with E-state index in [1.54, 1.807) is 18.2 Å². The average molecular weight is 265 g/mol. The van der Waals surface area contributed by atoms with Gasteiger partial charge in [0, 0.05) is 5.57 Å². The largest absolute Gasteiger partial charge is 0.435 e. The summed E-state index contributed by atoms with van der Waals surface area (Å²) in [5.41, 5.74) is 1.92. The molecule has 2 rings (SSSR count). The van der Waals surface area contributed by atoms with Crippen molar-refractivity contribution in [2.45, 2.75) is 6.92 Å². The predicted molar refractivity (Wildman–Crippen MR) is 77.2 cm³/mol. The summed E-state index contributed by atoms with van der Waals surface area (Å²) in [6, 6.07) is 4.83. The van der Waals surface area contributed by atoms with Crippen molar-refractivity contribution in [3.05, 3.63) is 59.4 Å². The highest BCUT2D eigenvalue weighted by atomic mass is 16.3. The summed E-state index contributed by atoms with van der Waals surface area (Å²) in [5.74, 6) is 0.375. The van der Waals surface area contributed by atoms with Crippen LogP contribution in [0.3, 0.4) is 0 Å². The van der Waals surface area contributed by atoms with Crippen LogP contribution < -0.4 is 0 Å². The molecule has 5 nitrogen and oxygen atoms in total. The van der Waals surface area contributed by atoms with Crippen LogP contribution in [0.25, 0.3) is 16.7 Å². The fraction of sp³-hybridized carbons (Fsp3) is 0.0667. The second-order valence-corrected chi connectivity index (χ2v) is 3.90. The second-order valence-electron chi connectivity index (χ2n) is 3.90. The highest BCUT2D eigenvalue weighted by Crippen LogP contribution is 2.28. The number of aromatic nitrogens is 1. The van der Waals surface area contributed by atoms with Crippen LogP contribution in [0, 0.1) is 16.2 Å².